The molecule has 0 fully saturated rings. The van der Waals surface area contributed by atoms with Crippen LogP contribution in [-0.2, 0) is 5.60 Å². The first kappa shape index (κ1) is 18.1. The Labute approximate surface area is 155 Å². The van der Waals surface area contributed by atoms with Gasteiger partial charge in [0.2, 0.25) is 0 Å². The lowest BCUT2D eigenvalue weighted by atomic mass is 9.80. The van der Waals surface area contributed by atoms with Crippen molar-refractivity contribution >= 4 is 5.78 Å². The number of benzene rings is 3. The minimum absolute atomic E-state index is 0.171. The van der Waals surface area contributed by atoms with Gasteiger partial charge in [-0.1, -0.05) is 78.4 Å². The molecule has 0 aliphatic carbocycles. The Hall–Kier alpha value is -2.71. The summed E-state index contributed by atoms with van der Waals surface area (Å²) in [5.74, 6) is -0.171. The molecular weight excluding hydrogens is 320 g/mol. The molecule has 0 bridgehead atoms. The molecule has 0 atom stereocenters. The molecule has 1 N–H and O–H groups in total. The molecule has 0 spiro atoms. The monoisotopic (exact) mass is 343 g/mol. The van der Waals surface area contributed by atoms with Gasteiger partial charge in [-0.3, -0.25) is 4.79 Å². The van der Waals surface area contributed by atoms with E-state index in [2.05, 4.69) is 0 Å². The minimum atomic E-state index is -1.48. The fourth-order valence-corrected chi connectivity index (χ4v) is 3.55. The molecule has 3 aromatic carbocycles. The molecule has 0 heterocycles. The zero-order valence-electron chi connectivity index (χ0n) is 15.4. The first-order valence-corrected chi connectivity index (χ1v) is 8.73. The van der Waals surface area contributed by atoms with Gasteiger partial charge >= 0.3 is 0 Å². The number of carbonyl (C=O) groups excluding carboxylic acids is 1. The highest BCUT2D eigenvalue weighted by Gasteiger charge is 2.35. The van der Waals surface area contributed by atoms with Crippen LogP contribution in [0.4, 0.5) is 0 Å². The number of hydrogen-bond acceptors (Lipinski definition) is 2. The number of aliphatic hydroxyl groups is 1. The molecule has 2 heteroatoms. The Morgan fingerprint density at radius 3 is 1.65 bits per heavy atom. The van der Waals surface area contributed by atoms with E-state index < -0.39 is 5.60 Å². The van der Waals surface area contributed by atoms with E-state index in [4.69, 9.17) is 0 Å². The van der Waals surface area contributed by atoms with E-state index in [1.807, 2.05) is 93.6 Å². The van der Waals surface area contributed by atoms with E-state index in [0.717, 1.165) is 16.7 Å². The summed E-state index contributed by atoms with van der Waals surface area (Å²) in [6.07, 6.45) is 1.43. The maximum Gasteiger partial charge on any atom is 0.170 e. The number of aryl methyl sites for hydroxylation is 3. The summed E-state index contributed by atoms with van der Waals surface area (Å²) < 4.78 is 0. The number of Topliss-reactive ketones (excluding diaryl/α,β-unsaturated/α-hetero) is 1. The molecular formula is C24H23O2. The Bertz CT molecular complexity index is 849. The average molecular weight is 343 g/mol. The van der Waals surface area contributed by atoms with Crippen LogP contribution in [0.15, 0.2) is 72.8 Å². The fourth-order valence-electron chi connectivity index (χ4n) is 3.55. The van der Waals surface area contributed by atoms with E-state index in [1.54, 1.807) is 0 Å². The van der Waals surface area contributed by atoms with Crippen LogP contribution < -0.4 is 0 Å². The molecule has 0 amide bonds. The topological polar surface area (TPSA) is 37.3 Å². The van der Waals surface area contributed by atoms with Crippen molar-refractivity contribution in [3.63, 3.8) is 0 Å². The highest BCUT2D eigenvalue weighted by molar-refractivity contribution is 6.06. The van der Waals surface area contributed by atoms with Crippen LogP contribution in [0.5, 0.6) is 0 Å². The molecule has 0 aromatic heterocycles. The van der Waals surface area contributed by atoms with Gasteiger partial charge < -0.3 is 5.11 Å². The van der Waals surface area contributed by atoms with Gasteiger partial charge in [-0.05, 0) is 43.0 Å². The van der Waals surface area contributed by atoms with E-state index in [1.165, 1.54) is 6.42 Å². The van der Waals surface area contributed by atoms with Crippen LogP contribution in [0.1, 0.15) is 38.2 Å². The van der Waals surface area contributed by atoms with E-state index in [-0.39, 0.29) is 5.78 Å². The van der Waals surface area contributed by atoms with Crippen LogP contribution in [0.25, 0.3) is 0 Å². The SMILES string of the molecule is Cc1cc(C)c(C(=O)[CH]C(O)(c2ccccc2)c2ccccc2)c(C)c1. The van der Waals surface area contributed by atoms with Crippen LogP contribution in [0.2, 0.25) is 0 Å². The zero-order chi connectivity index (χ0) is 18.7. The Morgan fingerprint density at radius 2 is 1.23 bits per heavy atom. The normalized spacial score (nSPS) is 11.4. The molecule has 0 unspecified atom stereocenters. The van der Waals surface area contributed by atoms with Crippen molar-refractivity contribution in [1.82, 2.24) is 0 Å². The molecule has 26 heavy (non-hydrogen) atoms. The molecule has 0 aliphatic rings. The smallest absolute Gasteiger partial charge is 0.170 e. The number of ketones is 1. The predicted octanol–water partition coefficient (Wildman–Crippen LogP) is 4.93. The predicted molar refractivity (Wildman–Crippen MR) is 105 cm³/mol. The Balaban J connectivity index is 2.07. The first-order chi connectivity index (χ1) is 12.4. The van der Waals surface area contributed by atoms with Crippen molar-refractivity contribution < 1.29 is 9.90 Å². The fraction of sp³-hybridized carbons (Fsp3) is 0.167. The number of carbonyl (C=O) groups is 1. The highest BCUT2D eigenvalue weighted by Crippen LogP contribution is 2.34. The summed E-state index contributed by atoms with van der Waals surface area (Å²) in [6, 6.07) is 22.6. The van der Waals surface area contributed by atoms with Gasteiger partial charge in [0.25, 0.3) is 0 Å². The number of rotatable bonds is 5. The Morgan fingerprint density at radius 1 is 0.808 bits per heavy atom. The van der Waals surface area contributed by atoms with E-state index >= 15 is 0 Å². The van der Waals surface area contributed by atoms with Gasteiger partial charge in [0.1, 0.15) is 5.60 Å². The van der Waals surface area contributed by atoms with Crippen LogP contribution in [0.3, 0.4) is 0 Å². The lowest BCUT2D eigenvalue weighted by molar-refractivity contribution is 0.0845. The third-order valence-corrected chi connectivity index (χ3v) is 4.69. The third kappa shape index (κ3) is 3.47. The lowest BCUT2D eigenvalue weighted by Gasteiger charge is -2.29. The lowest BCUT2D eigenvalue weighted by Crippen LogP contribution is -2.32. The summed E-state index contributed by atoms with van der Waals surface area (Å²) in [7, 11) is 0. The summed E-state index contributed by atoms with van der Waals surface area (Å²) in [5, 5.41) is 11.5. The summed E-state index contributed by atoms with van der Waals surface area (Å²) in [6.45, 7) is 5.89. The third-order valence-electron chi connectivity index (χ3n) is 4.69. The summed E-state index contributed by atoms with van der Waals surface area (Å²) in [4.78, 5) is 13.1. The summed E-state index contributed by atoms with van der Waals surface area (Å²) in [5.41, 5.74) is 3.48. The second-order valence-corrected chi connectivity index (χ2v) is 6.78. The Kier molecular flexibility index (Phi) is 5.06. The van der Waals surface area contributed by atoms with Gasteiger partial charge in [0.15, 0.2) is 5.78 Å². The molecule has 3 aromatic rings. The standard InChI is InChI=1S/C24H23O2/c1-17-14-18(2)23(19(3)15-17)22(25)16-24(26,20-10-6-4-7-11-20)21-12-8-5-9-13-21/h4-16,26H,1-3H3. The second kappa shape index (κ2) is 7.27. The maximum absolute atomic E-state index is 13.1. The van der Waals surface area contributed by atoms with Crippen molar-refractivity contribution in [3.05, 3.63) is 113 Å². The zero-order valence-corrected chi connectivity index (χ0v) is 15.4. The average Bonchev–Trinajstić information content (AvgIpc) is 2.62. The summed E-state index contributed by atoms with van der Waals surface area (Å²) >= 11 is 0. The van der Waals surface area contributed by atoms with Gasteiger partial charge in [-0.2, -0.15) is 0 Å². The molecule has 0 saturated heterocycles. The van der Waals surface area contributed by atoms with Crippen LogP contribution in [-0.4, -0.2) is 10.9 Å². The maximum atomic E-state index is 13.1. The van der Waals surface area contributed by atoms with E-state index in [9.17, 15) is 9.90 Å². The van der Waals surface area contributed by atoms with E-state index in [0.29, 0.717) is 16.7 Å². The quantitative estimate of drug-likeness (QED) is 0.667. The molecule has 131 valence electrons. The molecule has 3 rings (SSSR count). The first-order valence-electron chi connectivity index (χ1n) is 8.73. The van der Waals surface area contributed by atoms with Crippen molar-refractivity contribution in [2.75, 3.05) is 0 Å². The number of hydrogen-bond donors (Lipinski definition) is 1. The van der Waals surface area contributed by atoms with Crippen molar-refractivity contribution in [1.29, 1.82) is 0 Å². The van der Waals surface area contributed by atoms with Crippen molar-refractivity contribution in [2.24, 2.45) is 0 Å². The van der Waals surface area contributed by atoms with Crippen molar-refractivity contribution in [3.8, 4) is 0 Å². The molecule has 1 radical (unpaired) electrons. The van der Waals surface area contributed by atoms with Gasteiger partial charge in [-0.25, -0.2) is 0 Å². The largest absolute Gasteiger partial charge is 0.380 e. The molecule has 2 nitrogen and oxygen atoms in total. The minimum Gasteiger partial charge on any atom is -0.380 e. The van der Waals surface area contributed by atoms with Gasteiger partial charge in [0, 0.05) is 5.56 Å². The van der Waals surface area contributed by atoms with Crippen molar-refractivity contribution in [2.45, 2.75) is 26.4 Å². The second-order valence-electron chi connectivity index (χ2n) is 6.78. The van der Waals surface area contributed by atoms with Crippen LogP contribution in [0, 0.1) is 27.2 Å². The molecule has 0 saturated carbocycles. The molecule has 0 aliphatic heterocycles. The highest BCUT2D eigenvalue weighted by atomic mass is 16.3. The van der Waals surface area contributed by atoms with Crippen LogP contribution >= 0.6 is 0 Å². The van der Waals surface area contributed by atoms with Gasteiger partial charge in [-0.15, -0.1) is 0 Å². The van der Waals surface area contributed by atoms with Gasteiger partial charge in [0.05, 0.1) is 6.42 Å².